The van der Waals surface area contributed by atoms with E-state index in [-0.39, 0.29) is 11.3 Å². The Morgan fingerprint density at radius 3 is 2.41 bits per heavy atom. The lowest BCUT2D eigenvalue weighted by molar-refractivity contribution is -0.140. The molecule has 3 rings (SSSR count). The van der Waals surface area contributed by atoms with Crippen LogP contribution in [0.15, 0.2) is 48.3 Å². The molecule has 1 amide bonds. The molecule has 8 nitrogen and oxygen atoms in total. The summed E-state index contributed by atoms with van der Waals surface area (Å²) in [6, 6.07) is 7.78. The molecule has 1 unspecified atom stereocenters. The van der Waals surface area contributed by atoms with Gasteiger partial charge in [0, 0.05) is 31.5 Å². The predicted molar refractivity (Wildman–Crippen MR) is 121 cm³/mol. The van der Waals surface area contributed by atoms with Crippen molar-refractivity contribution in [2.45, 2.75) is 19.9 Å². The third kappa shape index (κ3) is 4.75. The largest absolute Gasteiger partial charge is 0.507 e. The van der Waals surface area contributed by atoms with Gasteiger partial charge < -0.3 is 24.4 Å². The number of likely N-dealkylation sites (tertiary alicyclic amines) is 1. The number of benzene rings is 1. The predicted octanol–water partition coefficient (Wildman–Crippen LogP) is 2.86. The first-order chi connectivity index (χ1) is 15.4. The number of amides is 1. The van der Waals surface area contributed by atoms with Crippen molar-refractivity contribution in [1.29, 1.82) is 0 Å². The molecule has 1 aromatic heterocycles. The molecule has 8 heteroatoms. The molecule has 0 radical (unpaired) electrons. The maximum atomic E-state index is 13.1. The molecule has 32 heavy (non-hydrogen) atoms. The normalized spacial score (nSPS) is 17.8. The number of pyridine rings is 1. The fourth-order valence-electron chi connectivity index (χ4n) is 3.69. The zero-order chi connectivity index (χ0) is 23.3. The van der Waals surface area contributed by atoms with Gasteiger partial charge in [0.05, 0.1) is 30.4 Å². The Labute approximate surface area is 188 Å². The van der Waals surface area contributed by atoms with Gasteiger partial charge in [0.15, 0.2) is 0 Å². The van der Waals surface area contributed by atoms with Crippen molar-refractivity contribution in [2.24, 2.45) is 0 Å². The van der Waals surface area contributed by atoms with Crippen molar-refractivity contribution in [3.8, 4) is 11.5 Å². The minimum absolute atomic E-state index is 0.0325. The van der Waals surface area contributed by atoms with Gasteiger partial charge >= 0.3 is 0 Å². The Bertz CT molecular complexity index is 1000. The fourth-order valence-corrected chi connectivity index (χ4v) is 3.69. The monoisotopic (exact) mass is 439 g/mol. The Morgan fingerprint density at radius 1 is 1.09 bits per heavy atom. The van der Waals surface area contributed by atoms with Crippen LogP contribution in [-0.4, -0.2) is 72.0 Å². The van der Waals surface area contributed by atoms with Gasteiger partial charge in [0.25, 0.3) is 11.7 Å². The zero-order valence-corrected chi connectivity index (χ0v) is 18.9. The average molecular weight is 440 g/mol. The molecular formula is C24H29N3O5. The number of hydrogen-bond acceptors (Lipinski definition) is 7. The maximum Gasteiger partial charge on any atom is 0.295 e. The molecule has 0 spiro atoms. The van der Waals surface area contributed by atoms with Crippen LogP contribution in [0.5, 0.6) is 11.5 Å². The minimum atomic E-state index is -0.723. The highest BCUT2D eigenvalue weighted by molar-refractivity contribution is 6.46. The van der Waals surface area contributed by atoms with Crippen molar-refractivity contribution < 1.29 is 24.2 Å². The molecule has 170 valence electrons. The summed E-state index contributed by atoms with van der Waals surface area (Å²) in [6.07, 6.45) is 3.20. The lowest BCUT2D eigenvalue weighted by Gasteiger charge is -2.26. The fraction of sp³-hybridized carbons (Fsp3) is 0.375. The van der Waals surface area contributed by atoms with Gasteiger partial charge in [-0.3, -0.25) is 14.6 Å². The van der Waals surface area contributed by atoms with Crippen LogP contribution in [0.4, 0.5) is 0 Å². The Hall–Kier alpha value is -3.39. The number of nitrogens with zero attached hydrogens (tertiary/aromatic N) is 3. The summed E-state index contributed by atoms with van der Waals surface area (Å²) in [5, 5.41) is 11.3. The number of likely N-dealkylation sites (N-methyl/N-ethyl adjacent to an activating group) is 1. The first-order valence-corrected chi connectivity index (χ1v) is 10.6. The van der Waals surface area contributed by atoms with Gasteiger partial charge in [0.2, 0.25) is 0 Å². The van der Waals surface area contributed by atoms with E-state index in [2.05, 4.69) is 4.98 Å². The molecule has 1 aliphatic heterocycles. The molecule has 1 aromatic carbocycles. The van der Waals surface area contributed by atoms with Crippen molar-refractivity contribution in [2.75, 3.05) is 40.4 Å². The number of ether oxygens (including phenoxy) is 2. The quantitative estimate of drug-likeness (QED) is 0.365. The smallest absolute Gasteiger partial charge is 0.295 e. The minimum Gasteiger partial charge on any atom is -0.507 e. The van der Waals surface area contributed by atoms with Gasteiger partial charge in [-0.25, -0.2) is 0 Å². The third-order valence-corrected chi connectivity index (χ3v) is 5.17. The molecule has 2 heterocycles. The number of aromatic nitrogens is 1. The van der Waals surface area contributed by atoms with Crippen LogP contribution >= 0.6 is 0 Å². The SMILES string of the molecule is CCOc1ccc(/C(O)=C2/C(=O)C(=O)N(CCN(C)C)C2c2ccncc2)c(OCC)c1. The Kier molecular flexibility index (Phi) is 7.48. The van der Waals surface area contributed by atoms with Crippen molar-refractivity contribution in [3.05, 3.63) is 59.4 Å². The van der Waals surface area contributed by atoms with E-state index in [1.807, 2.05) is 32.8 Å². The summed E-state index contributed by atoms with van der Waals surface area (Å²) in [6.45, 7) is 5.45. The summed E-state index contributed by atoms with van der Waals surface area (Å²) in [7, 11) is 3.79. The average Bonchev–Trinajstić information content (AvgIpc) is 3.03. The van der Waals surface area contributed by atoms with E-state index in [0.29, 0.717) is 48.9 Å². The molecular weight excluding hydrogens is 410 g/mol. The van der Waals surface area contributed by atoms with E-state index < -0.39 is 17.7 Å². The second kappa shape index (κ2) is 10.3. The number of ketones is 1. The second-order valence-corrected chi connectivity index (χ2v) is 7.60. The van der Waals surface area contributed by atoms with Crippen LogP contribution in [0, 0.1) is 0 Å². The maximum absolute atomic E-state index is 13.1. The van der Waals surface area contributed by atoms with Crippen molar-refractivity contribution in [3.63, 3.8) is 0 Å². The Morgan fingerprint density at radius 2 is 1.78 bits per heavy atom. The number of aliphatic hydroxyl groups excluding tert-OH is 1. The van der Waals surface area contributed by atoms with Crippen LogP contribution in [0.2, 0.25) is 0 Å². The molecule has 0 aliphatic carbocycles. The standard InChI is InChI=1S/C24H29N3O5/c1-5-31-17-7-8-18(19(15-17)32-6-2)22(28)20-21(16-9-11-25-12-10-16)27(14-13-26(3)4)24(30)23(20)29/h7-12,15,21,28H,5-6,13-14H2,1-4H3/b22-20-. The van der Waals surface area contributed by atoms with Crippen LogP contribution in [0.1, 0.15) is 31.0 Å². The molecule has 1 N–H and O–H groups in total. The first-order valence-electron chi connectivity index (χ1n) is 10.6. The van der Waals surface area contributed by atoms with E-state index in [1.54, 1.807) is 42.7 Å². The number of carbonyl (C=O) groups is 2. The summed E-state index contributed by atoms with van der Waals surface area (Å²) in [4.78, 5) is 33.5. The van der Waals surface area contributed by atoms with Crippen LogP contribution in [0.25, 0.3) is 5.76 Å². The van der Waals surface area contributed by atoms with E-state index in [4.69, 9.17) is 9.47 Å². The van der Waals surface area contributed by atoms with Crippen molar-refractivity contribution >= 4 is 17.4 Å². The van der Waals surface area contributed by atoms with E-state index in [9.17, 15) is 14.7 Å². The van der Waals surface area contributed by atoms with Gasteiger partial charge in [0.1, 0.15) is 17.3 Å². The molecule has 1 saturated heterocycles. The highest BCUT2D eigenvalue weighted by atomic mass is 16.5. The van der Waals surface area contributed by atoms with Crippen LogP contribution < -0.4 is 9.47 Å². The Balaban J connectivity index is 2.15. The molecule has 0 saturated carbocycles. The number of hydrogen-bond donors (Lipinski definition) is 1. The van der Waals surface area contributed by atoms with E-state index in [0.717, 1.165) is 0 Å². The van der Waals surface area contributed by atoms with Crippen LogP contribution in [-0.2, 0) is 9.59 Å². The van der Waals surface area contributed by atoms with Gasteiger partial charge in [-0.1, -0.05) is 0 Å². The number of Topliss-reactive ketones (excluding diaryl/α,β-unsaturated/α-hetero) is 1. The first kappa shape index (κ1) is 23.3. The number of aliphatic hydroxyl groups is 1. The van der Waals surface area contributed by atoms with Gasteiger partial charge in [-0.15, -0.1) is 0 Å². The molecule has 1 fully saturated rings. The number of rotatable bonds is 9. The summed E-state index contributed by atoms with van der Waals surface area (Å²) < 4.78 is 11.2. The second-order valence-electron chi connectivity index (χ2n) is 7.60. The lowest BCUT2D eigenvalue weighted by atomic mass is 9.95. The number of carbonyl (C=O) groups excluding carboxylic acids is 2. The molecule has 1 aliphatic rings. The zero-order valence-electron chi connectivity index (χ0n) is 18.9. The van der Waals surface area contributed by atoms with Gasteiger partial charge in [-0.2, -0.15) is 0 Å². The van der Waals surface area contributed by atoms with Crippen molar-refractivity contribution in [1.82, 2.24) is 14.8 Å². The summed E-state index contributed by atoms with van der Waals surface area (Å²) in [5.74, 6) is -0.670. The molecule has 2 aromatic rings. The van der Waals surface area contributed by atoms with Crippen LogP contribution in [0.3, 0.4) is 0 Å². The topological polar surface area (TPSA) is 92.2 Å². The highest BCUT2D eigenvalue weighted by Gasteiger charge is 2.46. The summed E-state index contributed by atoms with van der Waals surface area (Å²) >= 11 is 0. The van der Waals surface area contributed by atoms with E-state index >= 15 is 0 Å². The highest BCUT2D eigenvalue weighted by Crippen LogP contribution is 2.41. The molecule has 0 bridgehead atoms. The third-order valence-electron chi connectivity index (χ3n) is 5.17. The van der Waals surface area contributed by atoms with Gasteiger partial charge in [-0.05, 0) is 57.8 Å². The van der Waals surface area contributed by atoms with E-state index in [1.165, 1.54) is 4.90 Å². The molecule has 1 atom stereocenters. The lowest BCUT2D eigenvalue weighted by Crippen LogP contribution is -2.35. The summed E-state index contributed by atoms with van der Waals surface area (Å²) in [5.41, 5.74) is 1.06.